The summed E-state index contributed by atoms with van der Waals surface area (Å²) in [5.74, 6) is 1.80. The molecule has 4 nitrogen and oxygen atoms in total. The van der Waals surface area contributed by atoms with Crippen molar-refractivity contribution in [1.29, 1.82) is 0 Å². The van der Waals surface area contributed by atoms with Gasteiger partial charge in [0.05, 0.1) is 0 Å². The molecule has 1 aromatic heterocycles. The van der Waals surface area contributed by atoms with Crippen LogP contribution < -0.4 is 10.6 Å². The molecule has 2 bridgehead atoms. The molecule has 4 heteroatoms. The van der Waals surface area contributed by atoms with Gasteiger partial charge in [0.25, 0.3) is 0 Å². The van der Waals surface area contributed by atoms with Crippen molar-refractivity contribution < 1.29 is 0 Å². The van der Waals surface area contributed by atoms with Crippen LogP contribution in [0.3, 0.4) is 0 Å². The SMILES string of the molecule is Cn1ccc(NCC2CC3CCC2N3)n1. The normalized spacial score (nSPS) is 33.5. The highest BCUT2D eigenvalue weighted by molar-refractivity contribution is 5.32. The number of anilines is 1. The van der Waals surface area contributed by atoms with Gasteiger partial charge >= 0.3 is 0 Å². The molecule has 3 unspecified atom stereocenters. The van der Waals surface area contributed by atoms with Crippen LogP contribution in [0.4, 0.5) is 5.82 Å². The second kappa shape index (κ2) is 3.52. The molecule has 1 aromatic rings. The van der Waals surface area contributed by atoms with Gasteiger partial charge in [0, 0.05) is 37.9 Å². The Morgan fingerprint density at radius 3 is 3.13 bits per heavy atom. The molecule has 3 atom stereocenters. The summed E-state index contributed by atoms with van der Waals surface area (Å²) in [4.78, 5) is 0. The second-order valence-corrected chi connectivity index (χ2v) is 4.80. The smallest absolute Gasteiger partial charge is 0.147 e. The predicted molar refractivity (Wildman–Crippen MR) is 59.8 cm³/mol. The van der Waals surface area contributed by atoms with Crippen LogP contribution in [0, 0.1) is 5.92 Å². The van der Waals surface area contributed by atoms with Gasteiger partial charge in [0.15, 0.2) is 0 Å². The number of nitrogens with zero attached hydrogens (tertiary/aromatic N) is 2. The van der Waals surface area contributed by atoms with Crippen LogP contribution in [-0.4, -0.2) is 28.4 Å². The lowest BCUT2D eigenvalue weighted by molar-refractivity contribution is 0.424. The maximum atomic E-state index is 4.32. The number of nitrogens with one attached hydrogen (secondary N) is 2. The summed E-state index contributed by atoms with van der Waals surface area (Å²) < 4.78 is 1.83. The monoisotopic (exact) mass is 206 g/mol. The molecule has 0 spiro atoms. The molecule has 2 N–H and O–H groups in total. The van der Waals surface area contributed by atoms with Crippen LogP contribution in [-0.2, 0) is 7.05 Å². The molecule has 2 aliphatic rings. The lowest BCUT2D eigenvalue weighted by atomic mass is 9.89. The Hall–Kier alpha value is -1.03. The third-order valence-corrected chi connectivity index (χ3v) is 3.69. The Morgan fingerprint density at radius 1 is 1.60 bits per heavy atom. The molecular weight excluding hydrogens is 188 g/mol. The van der Waals surface area contributed by atoms with Crippen LogP contribution in [0.1, 0.15) is 19.3 Å². The van der Waals surface area contributed by atoms with Crippen molar-refractivity contribution >= 4 is 5.82 Å². The van der Waals surface area contributed by atoms with Crippen LogP contribution in [0.2, 0.25) is 0 Å². The van der Waals surface area contributed by atoms with E-state index >= 15 is 0 Å². The van der Waals surface area contributed by atoms with E-state index in [4.69, 9.17) is 0 Å². The van der Waals surface area contributed by atoms with Crippen molar-refractivity contribution in [1.82, 2.24) is 15.1 Å². The number of aromatic nitrogens is 2. The van der Waals surface area contributed by atoms with Crippen LogP contribution in [0.15, 0.2) is 12.3 Å². The van der Waals surface area contributed by atoms with Crippen molar-refractivity contribution in [2.75, 3.05) is 11.9 Å². The van der Waals surface area contributed by atoms with Crippen LogP contribution in [0.5, 0.6) is 0 Å². The quantitative estimate of drug-likeness (QED) is 0.774. The number of rotatable bonds is 3. The highest BCUT2D eigenvalue weighted by Gasteiger charge is 2.38. The molecule has 3 rings (SSSR count). The molecule has 82 valence electrons. The van der Waals surface area contributed by atoms with E-state index in [1.807, 2.05) is 24.0 Å². The van der Waals surface area contributed by atoms with Gasteiger partial charge in [0.2, 0.25) is 0 Å². The number of hydrogen-bond donors (Lipinski definition) is 2. The Balaban J connectivity index is 1.54. The number of fused-ring (bicyclic) bond motifs is 2. The van der Waals surface area contributed by atoms with Gasteiger partial charge < -0.3 is 10.6 Å². The van der Waals surface area contributed by atoms with Crippen molar-refractivity contribution in [3.63, 3.8) is 0 Å². The maximum absolute atomic E-state index is 4.32. The average molecular weight is 206 g/mol. The number of aryl methyl sites for hydroxylation is 1. The third kappa shape index (κ3) is 1.74. The van der Waals surface area contributed by atoms with Gasteiger partial charge in [-0.15, -0.1) is 0 Å². The highest BCUT2D eigenvalue weighted by atomic mass is 15.3. The first-order chi connectivity index (χ1) is 7.31. The first-order valence-corrected chi connectivity index (χ1v) is 5.81. The zero-order valence-corrected chi connectivity index (χ0v) is 9.11. The van der Waals surface area contributed by atoms with E-state index in [-0.39, 0.29) is 0 Å². The molecule has 2 fully saturated rings. The molecule has 15 heavy (non-hydrogen) atoms. The fourth-order valence-corrected chi connectivity index (χ4v) is 2.91. The highest BCUT2D eigenvalue weighted by Crippen LogP contribution is 2.33. The molecule has 0 saturated carbocycles. The summed E-state index contributed by atoms with van der Waals surface area (Å²) in [6.45, 7) is 1.06. The Morgan fingerprint density at radius 2 is 2.53 bits per heavy atom. The van der Waals surface area contributed by atoms with E-state index < -0.39 is 0 Å². The molecule has 2 aliphatic heterocycles. The zero-order valence-electron chi connectivity index (χ0n) is 9.11. The molecule has 2 saturated heterocycles. The van der Waals surface area contributed by atoms with Crippen molar-refractivity contribution in [3.8, 4) is 0 Å². The van der Waals surface area contributed by atoms with E-state index in [0.29, 0.717) is 0 Å². The minimum absolute atomic E-state index is 0.756. The van der Waals surface area contributed by atoms with Crippen molar-refractivity contribution in [2.45, 2.75) is 31.3 Å². The fourth-order valence-electron chi connectivity index (χ4n) is 2.91. The fraction of sp³-hybridized carbons (Fsp3) is 0.727. The van der Waals surface area contributed by atoms with Gasteiger partial charge in [0.1, 0.15) is 5.82 Å². The first-order valence-electron chi connectivity index (χ1n) is 5.81. The summed E-state index contributed by atoms with van der Waals surface area (Å²) in [6.07, 6.45) is 6.05. The largest absolute Gasteiger partial charge is 0.368 e. The molecule has 0 aliphatic carbocycles. The van der Waals surface area contributed by atoms with E-state index in [9.17, 15) is 0 Å². The summed E-state index contributed by atoms with van der Waals surface area (Å²) in [5.41, 5.74) is 0. The minimum atomic E-state index is 0.756. The Kier molecular flexibility index (Phi) is 2.16. The van der Waals surface area contributed by atoms with E-state index in [2.05, 4.69) is 15.7 Å². The van der Waals surface area contributed by atoms with E-state index in [0.717, 1.165) is 30.4 Å². The van der Waals surface area contributed by atoms with Gasteiger partial charge in [-0.25, -0.2) is 0 Å². The van der Waals surface area contributed by atoms with Gasteiger partial charge in [-0.2, -0.15) is 5.10 Å². The molecular formula is C11H18N4. The van der Waals surface area contributed by atoms with Gasteiger partial charge in [-0.05, 0) is 25.2 Å². The van der Waals surface area contributed by atoms with Crippen molar-refractivity contribution in [3.05, 3.63) is 12.3 Å². The molecule has 0 aromatic carbocycles. The Labute approximate surface area is 90.0 Å². The molecule has 0 radical (unpaired) electrons. The predicted octanol–water partition coefficient (Wildman–Crippen LogP) is 0.972. The second-order valence-electron chi connectivity index (χ2n) is 4.80. The molecule has 3 heterocycles. The first kappa shape index (κ1) is 9.21. The van der Waals surface area contributed by atoms with Crippen LogP contribution in [0.25, 0.3) is 0 Å². The van der Waals surface area contributed by atoms with E-state index in [1.165, 1.54) is 19.3 Å². The summed E-state index contributed by atoms with van der Waals surface area (Å²) >= 11 is 0. The lowest BCUT2D eigenvalue weighted by Crippen LogP contribution is -2.27. The minimum Gasteiger partial charge on any atom is -0.368 e. The maximum Gasteiger partial charge on any atom is 0.147 e. The third-order valence-electron chi connectivity index (χ3n) is 3.69. The Bertz CT molecular complexity index is 346. The van der Waals surface area contributed by atoms with Gasteiger partial charge in [-0.1, -0.05) is 0 Å². The van der Waals surface area contributed by atoms with Crippen LogP contribution >= 0.6 is 0 Å². The zero-order chi connectivity index (χ0) is 10.3. The summed E-state index contributed by atoms with van der Waals surface area (Å²) in [6, 6.07) is 3.58. The average Bonchev–Trinajstić information content (AvgIpc) is 2.90. The van der Waals surface area contributed by atoms with E-state index in [1.54, 1.807) is 0 Å². The lowest BCUT2D eigenvalue weighted by Gasteiger charge is -2.20. The number of hydrogen-bond acceptors (Lipinski definition) is 3. The standard InChI is InChI=1S/C11H18N4/c1-15-5-4-11(14-15)12-7-8-6-9-2-3-10(8)13-9/h4-5,8-10,13H,2-3,6-7H2,1H3,(H,12,14). The topological polar surface area (TPSA) is 41.9 Å². The van der Waals surface area contributed by atoms with Crippen molar-refractivity contribution in [2.24, 2.45) is 13.0 Å². The summed E-state index contributed by atoms with van der Waals surface area (Å²) in [7, 11) is 1.95. The molecule has 0 amide bonds. The summed E-state index contributed by atoms with van der Waals surface area (Å²) in [5, 5.41) is 11.4. The van der Waals surface area contributed by atoms with Gasteiger partial charge in [-0.3, -0.25) is 4.68 Å².